The maximum Gasteiger partial charge on any atom is 0.317 e. The van der Waals surface area contributed by atoms with Crippen molar-refractivity contribution in [3.8, 4) is 0 Å². The number of nitrogens with zero attached hydrogens (tertiary/aromatic N) is 1. The van der Waals surface area contributed by atoms with Crippen molar-refractivity contribution in [1.82, 2.24) is 15.5 Å². The summed E-state index contributed by atoms with van der Waals surface area (Å²) in [5.74, 6) is -1.21. The molecule has 0 aliphatic heterocycles. The number of carbonyl (C=O) groups is 3. The van der Waals surface area contributed by atoms with Crippen molar-refractivity contribution in [2.45, 2.75) is 46.6 Å². The van der Waals surface area contributed by atoms with Crippen LogP contribution in [0.25, 0.3) is 0 Å². The molecule has 0 heterocycles. The number of hydrogen-bond acceptors (Lipinski definition) is 3. The van der Waals surface area contributed by atoms with Crippen LogP contribution in [0, 0.1) is 5.41 Å². The van der Waals surface area contributed by atoms with Crippen LogP contribution < -0.4 is 10.6 Å². The van der Waals surface area contributed by atoms with Crippen LogP contribution in [-0.4, -0.2) is 54.1 Å². The van der Waals surface area contributed by atoms with E-state index in [0.717, 1.165) is 0 Å². The smallest absolute Gasteiger partial charge is 0.317 e. The largest absolute Gasteiger partial charge is 0.481 e. The summed E-state index contributed by atoms with van der Waals surface area (Å²) in [4.78, 5) is 35.5. The summed E-state index contributed by atoms with van der Waals surface area (Å²) in [6, 6.07) is -0.913. The molecule has 7 nitrogen and oxygen atoms in total. The molecule has 0 rings (SSSR count). The summed E-state index contributed by atoms with van der Waals surface area (Å²) < 4.78 is 0. The quantitative estimate of drug-likeness (QED) is 0.654. The van der Waals surface area contributed by atoms with Gasteiger partial charge in [0.05, 0.1) is 6.42 Å². The van der Waals surface area contributed by atoms with Gasteiger partial charge in [-0.05, 0) is 18.8 Å². The topological polar surface area (TPSA) is 98.7 Å². The summed E-state index contributed by atoms with van der Waals surface area (Å²) in [6.07, 6.45) is 0.401. The average Bonchev–Trinajstić information content (AvgIpc) is 2.25. The number of amides is 3. The van der Waals surface area contributed by atoms with Crippen LogP contribution in [0.4, 0.5) is 4.79 Å². The zero-order valence-corrected chi connectivity index (χ0v) is 13.5. The van der Waals surface area contributed by atoms with Crippen molar-refractivity contribution in [1.29, 1.82) is 0 Å². The van der Waals surface area contributed by atoms with Crippen LogP contribution in [0.5, 0.6) is 0 Å². The molecule has 0 aromatic carbocycles. The first-order valence-corrected chi connectivity index (χ1v) is 7.05. The first kappa shape index (κ1) is 19.2. The number of carboxylic acids is 1. The summed E-state index contributed by atoms with van der Waals surface area (Å²) in [6.45, 7) is 8.17. The number of carboxylic acid groups (broad SMARTS) is 1. The molecule has 1 atom stereocenters. The Morgan fingerprint density at radius 1 is 1.24 bits per heavy atom. The molecule has 7 heteroatoms. The maximum atomic E-state index is 12.0. The standard InChI is InChI=1S/C14H27N3O4/c1-6-15-11(18)9-17(5)13(21)16-10(7-12(19)20)8-14(2,3)4/h10H,6-9H2,1-5H3,(H,15,18)(H,16,21)(H,19,20). The first-order chi connectivity index (χ1) is 9.55. The van der Waals surface area contributed by atoms with Crippen molar-refractivity contribution in [2.75, 3.05) is 20.1 Å². The number of rotatable bonds is 7. The summed E-state index contributed by atoms with van der Waals surface area (Å²) >= 11 is 0. The van der Waals surface area contributed by atoms with E-state index in [1.54, 1.807) is 6.92 Å². The minimum absolute atomic E-state index is 0.0605. The van der Waals surface area contributed by atoms with E-state index < -0.39 is 18.0 Å². The molecule has 0 aliphatic rings. The fourth-order valence-electron chi connectivity index (χ4n) is 1.95. The second-order valence-electron chi connectivity index (χ2n) is 6.32. The Kier molecular flexibility index (Phi) is 7.76. The molecule has 0 aromatic rings. The molecule has 1 unspecified atom stereocenters. The summed E-state index contributed by atoms with van der Waals surface area (Å²) in [5.41, 5.74) is -0.106. The van der Waals surface area contributed by atoms with Crippen LogP contribution >= 0.6 is 0 Å². The lowest BCUT2D eigenvalue weighted by Gasteiger charge is -2.27. The Balaban J connectivity index is 4.57. The third-order valence-electron chi connectivity index (χ3n) is 2.71. The van der Waals surface area contributed by atoms with Crippen LogP contribution in [0.2, 0.25) is 0 Å². The van der Waals surface area contributed by atoms with Gasteiger partial charge in [0.1, 0.15) is 6.54 Å². The van der Waals surface area contributed by atoms with Gasteiger partial charge in [-0.1, -0.05) is 20.8 Å². The minimum atomic E-state index is -0.962. The molecule has 122 valence electrons. The van der Waals surface area contributed by atoms with E-state index in [0.29, 0.717) is 13.0 Å². The number of carbonyl (C=O) groups excluding carboxylic acids is 2. The first-order valence-electron chi connectivity index (χ1n) is 7.05. The van der Waals surface area contributed by atoms with Gasteiger partial charge < -0.3 is 20.6 Å². The van der Waals surface area contributed by atoms with Gasteiger partial charge in [-0.3, -0.25) is 9.59 Å². The van der Waals surface area contributed by atoms with Crippen molar-refractivity contribution < 1.29 is 19.5 Å². The lowest BCUT2D eigenvalue weighted by Crippen LogP contribution is -2.48. The molecule has 3 amide bonds. The molecular weight excluding hydrogens is 274 g/mol. The van der Waals surface area contributed by atoms with E-state index in [9.17, 15) is 14.4 Å². The number of urea groups is 1. The van der Waals surface area contributed by atoms with Gasteiger partial charge in [0, 0.05) is 19.6 Å². The van der Waals surface area contributed by atoms with Crippen LogP contribution in [0.1, 0.15) is 40.5 Å². The molecule has 0 aliphatic carbocycles. The SMILES string of the molecule is CCNC(=O)CN(C)C(=O)NC(CC(=O)O)CC(C)(C)C. The lowest BCUT2D eigenvalue weighted by atomic mass is 9.87. The molecule has 0 bridgehead atoms. The molecule has 3 N–H and O–H groups in total. The highest BCUT2D eigenvalue weighted by molar-refractivity contribution is 5.84. The van der Waals surface area contributed by atoms with E-state index in [-0.39, 0.29) is 24.3 Å². The lowest BCUT2D eigenvalue weighted by molar-refractivity contribution is -0.137. The zero-order chi connectivity index (χ0) is 16.6. The number of nitrogens with one attached hydrogen (secondary N) is 2. The number of hydrogen-bond donors (Lipinski definition) is 3. The Labute approximate surface area is 126 Å². The Hall–Kier alpha value is -1.79. The highest BCUT2D eigenvalue weighted by Crippen LogP contribution is 2.22. The number of likely N-dealkylation sites (N-methyl/N-ethyl adjacent to an activating group) is 2. The molecule has 0 radical (unpaired) electrons. The summed E-state index contributed by atoms with van der Waals surface area (Å²) in [5, 5.41) is 14.2. The van der Waals surface area contributed by atoms with E-state index in [4.69, 9.17) is 5.11 Å². The van der Waals surface area contributed by atoms with Crippen LogP contribution in [0.15, 0.2) is 0 Å². The van der Waals surface area contributed by atoms with Crippen molar-refractivity contribution in [3.05, 3.63) is 0 Å². The van der Waals surface area contributed by atoms with Gasteiger partial charge in [0.25, 0.3) is 0 Å². The fourth-order valence-corrected chi connectivity index (χ4v) is 1.95. The van der Waals surface area contributed by atoms with Gasteiger partial charge in [-0.15, -0.1) is 0 Å². The second kappa shape index (κ2) is 8.49. The minimum Gasteiger partial charge on any atom is -0.481 e. The van der Waals surface area contributed by atoms with Crippen molar-refractivity contribution >= 4 is 17.9 Å². The highest BCUT2D eigenvalue weighted by Gasteiger charge is 2.24. The Morgan fingerprint density at radius 3 is 2.24 bits per heavy atom. The Morgan fingerprint density at radius 2 is 1.81 bits per heavy atom. The zero-order valence-electron chi connectivity index (χ0n) is 13.5. The van der Waals surface area contributed by atoms with Gasteiger partial charge in [0.2, 0.25) is 5.91 Å². The predicted molar refractivity (Wildman–Crippen MR) is 80.0 cm³/mol. The Bertz CT molecular complexity index is 377. The van der Waals surface area contributed by atoms with E-state index in [1.807, 2.05) is 20.8 Å². The van der Waals surface area contributed by atoms with Gasteiger partial charge in [-0.2, -0.15) is 0 Å². The summed E-state index contributed by atoms with van der Waals surface area (Å²) in [7, 11) is 1.50. The fraction of sp³-hybridized carbons (Fsp3) is 0.786. The van der Waals surface area contributed by atoms with Gasteiger partial charge in [-0.25, -0.2) is 4.79 Å². The average molecular weight is 301 g/mol. The van der Waals surface area contributed by atoms with E-state index in [2.05, 4.69) is 10.6 Å². The van der Waals surface area contributed by atoms with Gasteiger partial charge in [0.15, 0.2) is 0 Å². The number of aliphatic carboxylic acids is 1. The van der Waals surface area contributed by atoms with Crippen LogP contribution in [0.3, 0.4) is 0 Å². The monoisotopic (exact) mass is 301 g/mol. The van der Waals surface area contributed by atoms with E-state index in [1.165, 1.54) is 11.9 Å². The molecule has 21 heavy (non-hydrogen) atoms. The van der Waals surface area contributed by atoms with Gasteiger partial charge >= 0.3 is 12.0 Å². The maximum absolute atomic E-state index is 12.0. The molecule has 0 aromatic heterocycles. The molecule has 0 saturated carbocycles. The van der Waals surface area contributed by atoms with Crippen molar-refractivity contribution in [3.63, 3.8) is 0 Å². The normalized spacial score (nSPS) is 12.4. The van der Waals surface area contributed by atoms with Crippen LogP contribution in [-0.2, 0) is 9.59 Å². The van der Waals surface area contributed by atoms with E-state index >= 15 is 0 Å². The third-order valence-corrected chi connectivity index (χ3v) is 2.71. The molecule has 0 spiro atoms. The van der Waals surface area contributed by atoms with Crippen molar-refractivity contribution in [2.24, 2.45) is 5.41 Å². The second-order valence-corrected chi connectivity index (χ2v) is 6.32. The molecular formula is C14H27N3O4. The molecule has 0 saturated heterocycles. The highest BCUT2D eigenvalue weighted by atomic mass is 16.4. The third kappa shape index (κ3) is 9.70. The predicted octanol–water partition coefficient (Wildman–Crippen LogP) is 1.04. The molecule has 0 fully saturated rings.